The fourth-order valence-electron chi connectivity index (χ4n) is 5.16. The lowest BCUT2D eigenvalue weighted by Gasteiger charge is -2.15. The minimum Gasteiger partial charge on any atom is -0.457 e. The number of carbonyl (C=O) groups is 1. The van der Waals surface area contributed by atoms with Gasteiger partial charge in [-0.2, -0.15) is 0 Å². The van der Waals surface area contributed by atoms with Gasteiger partial charge in [0.05, 0.1) is 13.2 Å². The van der Waals surface area contributed by atoms with E-state index in [0.29, 0.717) is 19.4 Å². The molecule has 0 fully saturated rings. The van der Waals surface area contributed by atoms with Crippen LogP contribution in [0.25, 0.3) is 0 Å². The van der Waals surface area contributed by atoms with E-state index in [1.54, 1.807) is 0 Å². The van der Waals surface area contributed by atoms with Gasteiger partial charge in [0.15, 0.2) is 0 Å². The highest BCUT2D eigenvalue weighted by Crippen LogP contribution is 2.14. The Kier molecular flexibility index (Phi) is 36.1. The van der Waals surface area contributed by atoms with Gasteiger partial charge in [0, 0.05) is 13.0 Å². The van der Waals surface area contributed by atoms with Crippen LogP contribution in [0.5, 0.6) is 0 Å². The van der Waals surface area contributed by atoms with Gasteiger partial charge >= 0.3 is 5.97 Å². The van der Waals surface area contributed by atoms with E-state index in [9.17, 15) is 9.90 Å². The number of carbonyl (C=O) groups excluding carboxylic acids is 1. The molecular weight excluding hydrogens is 544 g/mol. The maximum absolute atomic E-state index is 12.1. The van der Waals surface area contributed by atoms with E-state index in [-0.39, 0.29) is 19.2 Å². The number of ether oxygens (including phenoxy) is 2. The molecule has 1 N–H and O–H groups in total. The highest BCUT2D eigenvalue weighted by Gasteiger charge is 2.13. The molecule has 0 bridgehead atoms. The van der Waals surface area contributed by atoms with Gasteiger partial charge in [-0.15, -0.1) is 0 Å². The molecule has 0 aliphatic heterocycles. The van der Waals surface area contributed by atoms with Crippen LogP contribution in [0.1, 0.15) is 174 Å². The first-order chi connectivity index (χ1) is 21.7. The summed E-state index contributed by atoms with van der Waals surface area (Å²) < 4.78 is 11.1. The van der Waals surface area contributed by atoms with Gasteiger partial charge in [-0.25, -0.2) is 0 Å². The van der Waals surface area contributed by atoms with E-state index in [1.807, 2.05) is 6.08 Å². The van der Waals surface area contributed by atoms with Gasteiger partial charge in [0.1, 0.15) is 6.10 Å². The highest BCUT2D eigenvalue weighted by molar-refractivity contribution is 5.69. The van der Waals surface area contributed by atoms with E-state index in [2.05, 4.69) is 56.4 Å². The van der Waals surface area contributed by atoms with E-state index in [4.69, 9.17) is 9.47 Å². The van der Waals surface area contributed by atoms with Crippen molar-refractivity contribution in [1.82, 2.24) is 0 Å². The monoisotopic (exact) mass is 617 g/mol. The van der Waals surface area contributed by atoms with Crippen LogP contribution in [0.2, 0.25) is 0 Å². The topological polar surface area (TPSA) is 55.8 Å². The van der Waals surface area contributed by atoms with Crippen molar-refractivity contribution in [3.63, 3.8) is 0 Å². The first-order valence-electron chi connectivity index (χ1n) is 18.7. The van der Waals surface area contributed by atoms with Gasteiger partial charge in [-0.1, -0.05) is 178 Å². The van der Waals surface area contributed by atoms with E-state index < -0.39 is 6.10 Å². The summed E-state index contributed by atoms with van der Waals surface area (Å²) in [5.74, 6) is -0.279. The van der Waals surface area contributed by atoms with Crippen LogP contribution in [-0.2, 0) is 14.3 Å². The molecule has 0 aromatic carbocycles. The fraction of sp³-hybridized carbons (Fsp3) is 0.775. The standard InChI is InChI=1S/C40H72O4/c1-3-5-7-9-11-13-15-17-18-19-20-21-22-24-26-28-30-32-34-36-43-38-39(37-41)44-40(42)35-33-31-29-27-25-23-16-14-12-10-8-6-4-2/h6,8,12,14,23,25,29,31,39,41H,3-5,7,9-11,13,15-22,24,26-28,30,32-38H2,1-2H3/b8-6-,14-12-,25-23-,31-29-. The lowest BCUT2D eigenvalue weighted by atomic mass is 10.0. The Labute approximate surface area is 273 Å². The molecule has 0 amide bonds. The predicted octanol–water partition coefficient (Wildman–Crippen LogP) is 11.9. The van der Waals surface area contributed by atoms with Gasteiger partial charge in [0.25, 0.3) is 0 Å². The molecule has 0 rings (SSSR count). The zero-order chi connectivity index (χ0) is 32.0. The van der Waals surface area contributed by atoms with Crippen molar-refractivity contribution < 1.29 is 19.4 Å². The SMILES string of the molecule is CC/C=C\C/C=C\C/C=C\C/C=C\CCC(=O)OC(CO)COCCCCCCCCCCCCCCCCCCCCC. The van der Waals surface area contributed by atoms with Gasteiger partial charge in [-0.3, -0.25) is 4.79 Å². The van der Waals surface area contributed by atoms with E-state index >= 15 is 0 Å². The molecule has 0 spiro atoms. The maximum Gasteiger partial charge on any atom is 0.306 e. The Morgan fingerprint density at radius 1 is 0.568 bits per heavy atom. The van der Waals surface area contributed by atoms with Crippen molar-refractivity contribution in [2.45, 2.75) is 180 Å². The Balaban J connectivity index is 3.48. The average Bonchev–Trinajstić information content (AvgIpc) is 3.03. The predicted molar refractivity (Wildman–Crippen MR) is 191 cm³/mol. The van der Waals surface area contributed by atoms with Crippen molar-refractivity contribution >= 4 is 5.97 Å². The summed E-state index contributed by atoms with van der Waals surface area (Å²) in [6.07, 6.45) is 47.4. The van der Waals surface area contributed by atoms with Crippen LogP contribution < -0.4 is 0 Å². The number of rotatable bonds is 34. The van der Waals surface area contributed by atoms with Gasteiger partial charge < -0.3 is 14.6 Å². The first kappa shape index (κ1) is 42.3. The van der Waals surface area contributed by atoms with Crippen LogP contribution >= 0.6 is 0 Å². The van der Waals surface area contributed by atoms with Crippen LogP contribution in [0, 0.1) is 0 Å². The van der Waals surface area contributed by atoms with Crippen LogP contribution in [0.3, 0.4) is 0 Å². The molecule has 0 saturated heterocycles. The number of unbranched alkanes of at least 4 members (excludes halogenated alkanes) is 18. The third-order valence-electron chi connectivity index (χ3n) is 7.93. The molecular formula is C40H72O4. The molecule has 44 heavy (non-hydrogen) atoms. The van der Waals surface area contributed by atoms with Crippen LogP contribution in [0.15, 0.2) is 48.6 Å². The lowest BCUT2D eigenvalue weighted by Crippen LogP contribution is -2.27. The molecule has 4 heteroatoms. The minimum atomic E-state index is -0.569. The van der Waals surface area contributed by atoms with Crippen LogP contribution in [-0.4, -0.2) is 37.0 Å². The summed E-state index contributed by atoms with van der Waals surface area (Å²) >= 11 is 0. The summed E-state index contributed by atoms with van der Waals surface area (Å²) in [6, 6.07) is 0. The van der Waals surface area contributed by atoms with Crippen molar-refractivity contribution in [2.24, 2.45) is 0 Å². The molecule has 0 aliphatic carbocycles. The molecule has 0 radical (unpaired) electrons. The van der Waals surface area contributed by atoms with Crippen LogP contribution in [0.4, 0.5) is 0 Å². The highest BCUT2D eigenvalue weighted by atomic mass is 16.6. The van der Waals surface area contributed by atoms with Gasteiger partial charge in [-0.05, 0) is 38.5 Å². The third-order valence-corrected chi connectivity index (χ3v) is 7.93. The quantitative estimate of drug-likeness (QED) is 0.0444. The van der Waals surface area contributed by atoms with Gasteiger partial charge in [0.2, 0.25) is 0 Å². The number of hydrogen-bond acceptors (Lipinski definition) is 4. The second-order valence-corrected chi connectivity index (χ2v) is 12.3. The average molecular weight is 617 g/mol. The summed E-state index contributed by atoms with van der Waals surface area (Å²) in [4.78, 5) is 12.1. The molecule has 0 aliphatic rings. The maximum atomic E-state index is 12.1. The van der Waals surface area contributed by atoms with E-state index in [0.717, 1.165) is 32.1 Å². The minimum absolute atomic E-state index is 0.199. The molecule has 0 heterocycles. The normalized spacial score (nSPS) is 12.9. The molecule has 256 valence electrons. The molecule has 1 unspecified atom stereocenters. The number of aliphatic hydroxyl groups excluding tert-OH is 1. The van der Waals surface area contributed by atoms with Crippen molar-refractivity contribution in [3.05, 3.63) is 48.6 Å². The van der Waals surface area contributed by atoms with Crippen molar-refractivity contribution in [2.75, 3.05) is 19.8 Å². The molecule has 4 nitrogen and oxygen atoms in total. The third kappa shape index (κ3) is 34.8. The summed E-state index contributed by atoms with van der Waals surface area (Å²) in [7, 11) is 0. The Morgan fingerprint density at radius 3 is 1.41 bits per heavy atom. The number of hydrogen-bond donors (Lipinski definition) is 1. The molecule has 0 aromatic rings. The Morgan fingerprint density at radius 2 is 0.977 bits per heavy atom. The Bertz CT molecular complexity index is 693. The number of allylic oxidation sites excluding steroid dienone is 8. The number of aliphatic hydroxyl groups is 1. The molecule has 0 saturated carbocycles. The zero-order valence-corrected chi connectivity index (χ0v) is 29.2. The second-order valence-electron chi connectivity index (χ2n) is 12.3. The van der Waals surface area contributed by atoms with E-state index in [1.165, 1.54) is 116 Å². The zero-order valence-electron chi connectivity index (χ0n) is 29.2. The lowest BCUT2D eigenvalue weighted by molar-refractivity contribution is -0.154. The molecule has 1 atom stereocenters. The molecule has 0 aromatic heterocycles. The second kappa shape index (κ2) is 37.5. The van der Waals surface area contributed by atoms with Crippen molar-refractivity contribution in [3.8, 4) is 0 Å². The Hall–Kier alpha value is -1.65. The fourth-order valence-corrected chi connectivity index (χ4v) is 5.16. The summed E-state index contributed by atoms with van der Waals surface area (Å²) in [5.41, 5.74) is 0. The summed E-state index contributed by atoms with van der Waals surface area (Å²) in [5, 5.41) is 9.54. The van der Waals surface area contributed by atoms with Crippen molar-refractivity contribution in [1.29, 1.82) is 0 Å². The first-order valence-corrected chi connectivity index (χ1v) is 18.7. The largest absolute Gasteiger partial charge is 0.457 e. The smallest absolute Gasteiger partial charge is 0.306 e. The number of esters is 1. The summed E-state index contributed by atoms with van der Waals surface area (Å²) in [6.45, 7) is 5.16.